The SMILES string of the molecule is Cc1nn2cnnc2c(NCCN2CCCCC2CO)c1C. The molecule has 1 aliphatic rings. The number of hydrogen-bond donors (Lipinski definition) is 2. The quantitative estimate of drug-likeness (QED) is 0.858. The van der Waals surface area contributed by atoms with Crippen molar-refractivity contribution in [1.29, 1.82) is 0 Å². The summed E-state index contributed by atoms with van der Waals surface area (Å²) < 4.78 is 1.71. The van der Waals surface area contributed by atoms with E-state index in [1.807, 2.05) is 6.92 Å². The number of fused-ring (bicyclic) bond motifs is 1. The number of piperidine rings is 1. The first-order chi connectivity index (χ1) is 10.7. The van der Waals surface area contributed by atoms with Crippen molar-refractivity contribution in [3.8, 4) is 0 Å². The summed E-state index contributed by atoms with van der Waals surface area (Å²) in [4.78, 5) is 2.38. The second-order valence-electron chi connectivity index (χ2n) is 5.98. The highest BCUT2D eigenvalue weighted by atomic mass is 16.3. The second-order valence-corrected chi connectivity index (χ2v) is 5.98. The van der Waals surface area contributed by atoms with Gasteiger partial charge in [0.15, 0.2) is 0 Å². The molecule has 7 heteroatoms. The highest BCUT2D eigenvalue weighted by Crippen LogP contribution is 2.21. The van der Waals surface area contributed by atoms with Gasteiger partial charge in [0.2, 0.25) is 5.65 Å². The Bertz CT molecular complexity index is 640. The van der Waals surface area contributed by atoms with Crippen LogP contribution in [0.1, 0.15) is 30.5 Å². The van der Waals surface area contributed by atoms with E-state index in [4.69, 9.17) is 0 Å². The molecular formula is C15H24N6O. The zero-order chi connectivity index (χ0) is 15.5. The molecule has 2 N–H and O–H groups in total. The Labute approximate surface area is 130 Å². The van der Waals surface area contributed by atoms with Crippen LogP contribution < -0.4 is 5.32 Å². The van der Waals surface area contributed by atoms with Gasteiger partial charge in [0.1, 0.15) is 6.33 Å². The van der Waals surface area contributed by atoms with E-state index >= 15 is 0 Å². The summed E-state index contributed by atoms with van der Waals surface area (Å²) in [5.41, 5.74) is 3.85. The van der Waals surface area contributed by atoms with Gasteiger partial charge in [0, 0.05) is 19.1 Å². The predicted molar refractivity (Wildman–Crippen MR) is 85.0 cm³/mol. The molecule has 2 aromatic rings. The minimum Gasteiger partial charge on any atom is -0.395 e. The summed E-state index contributed by atoms with van der Waals surface area (Å²) in [5.74, 6) is 0. The number of aryl methyl sites for hydroxylation is 1. The maximum atomic E-state index is 9.48. The van der Waals surface area contributed by atoms with E-state index in [0.29, 0.717) is 6.04 Å². The molecule has 1 atom stereocenters. The molecule has 1 aliphatic heterocycles. The zero-order valence-electron chi connectivity index (χ0n) is 13.3. The van der Waals surface area contributed by atoms with Crippen LogP contribution in [0.15, 0.2) is 6.33 Å². The molecule has 22 heavy (non-hydrogen) atoms. The first kappa shape index (κ1) is 15.2. The monoisotopic (exact) mass is 304 g/mol. The number of aromatic nitrogens is 4. The molecule has 2 aromatic heterocycles. The Balaban J connectivity index is 1.69. The smallest absolute Gasteiger partial charge is 0.200 e. The molecule has 0 aromatic carbocycles. The van der Waals surface area contributed by atoms with E-state index in [-0.39, 0.29) is 6.61 Å². The van der Waals surface area contributed by atoms with Crippen LogP contribution in [0.2, 0.25) is 0 Å². The number of aliphatic hydroxyl groups excluding tert-OH is 1. The number of aliphatic hydroxyl groups is 1. The molecule has 1 saturated heterocycles. The van der Waals surface area contributed by atoms with Gasteiger partial charge in [-0.3, -0.25) is 4.90 Å². The average molecular weight is 304 g/mol. The standard InChI is InChI=1S/C15H24N6O/c1-11-12(2)19-21-10-17-18-15(21)14(11)16-6-8-20-7-4-3-5-13(20)9-22/h10,13,16,22H,3-9H2,1-2H3. The van der Waals surface area contributed by atoms with Crippen molar-refractivity contribution < 1.29 is 5.11 Å². The number of nitrogens with one attached hydrogen (secondary N) is 1. The molecule has 7 nitrogen and oxygen atoms in total. The first-order valence-corrected chi connectivity index (χ1v) is 7.96. The number of hydrogen-bond acceptors (Lipinski definition) is 6. The lowest BCUT2D eigenvalue weighted by Gasteiger charge is -2.34. The summed E-state index contributed by atoms with van der Waals surface area (Å²) in [6.07, 6.45) is 5.16. The Morgan fingerprint density at radius 2 is 2.23 bits per heavy atom. The van der Waals surface area contributed by atoms with Crippen molar-refractivity contribution in [2.75, 3.05) is 31.6 Å². The Morgan fingerprint density at radius 1 is 1.36 bits per heavy atom. The highest BCUT2D eigenvalue weighted by molar-refractivity contribution is 5.71. The van der Waals surface area contributed by atoms with Gasteiger partial charge in [-0.05, 0) is 38.8 Å². The summed E-state index contributed by atoms with van der Waals surface area (Å²) in [6.45, 7) is 7.11. The maximum Gasteiger partial charge on any atom is 0.200 e. The van der Waals surface area contributed by atoms with Crippen molar-refractivity contribution in [2.45, 2.75) is 39.2 Å². The zero-order valence-corrected chi connectivity index (χ0v) is 13.3. The van der Waals surface area contributed by atoms with Crippen molar-refractivity contribution in [3.05, 3.63) is 17.6 Å². The van der Waals surface area contributed by atoms with Crippen LogP contribution >= 0.6 is 0 Å². The van der Waals surface area contributed by atoms with Crippen molar-refractivity contribution in [2.24, 2.45) is 0 Å². The third-order valence-electron chi connectivity index (χ3n) is 4.59. The summed E-state index contributed by atoms with van der Waals surface area (Å²) in [6, 6.07) is 0.309. The van der Waals surface area contributed by atoms with E-state index in [1.165, 1.54) is 12.8 Å². The number of rotatable bonds is 5. The Hall–Kier alpha value is -1.73. The fraction of sp³-hybridized carbons (Fsp3) is 0.667. The molecule has 0 aliphatic carbocycles. The topological polar surface area (TPSA) is 78.6 Å². The van der Waals surface area contributed by atoms with Gasteiger partial charge < -0.3 is 10.4 Å². The molecule has 120 valence electrons. The molecular weight excluding hydrogens is 280 g/mol. The summed E-state index contributed by atoms with van der Waals surface area (Å²) in [7, 11) is 0. The van der Waals surface area contributed by atoms with Gasteiger partial charge in [-0.25, -0.2) is 0 Å². The fourth-order valence-electron chi connectivity index (χ4n) is 3.15. The lowest BCUT2D eigenvalue weighted by Crippen LogP contribution is -2.44. The lowest BCUT2D eigenvalue weighted by atomic mass is 10.0. The van der Waals surface area contributed by atoms with Gasteiger partial charge in [-0.2, -0.15) is 9.61 Å². The van der Waals surface area contributed by atoms with Crippen LogP contribution in [0.5, 0.6) is 0 Å². The summed E-state index contributed by atoms with van der Waals surface area (Å²) in [5, 5.41) is 25.5. The number of anilines is 1. The van der Waals surface area contributed by atoms with Crippen LogP contribution in [0, 0.1) is 13.8 Å². The molecule has 0 amide bonds. The molecule has 1 unspecified atom stereocenters. The minimum absolute atomic E-state index is 0.252. The van der Waals surface area contributed by atoms with E-state index < -0.39 is 0 Å². The van der Waals surface area contributed by atoms with Crippen LogP contribution in [-0.4, -0.2) is 62.1 Å². The molecule has 1 fully saturated rings. The Morgan fingerprint density at radius 3 is 3.05 bits per heavy atom. The molecule has 0 spiro atoms. The molecule has 0 radical (unpaired) electrons. The normalized spacial score (nSPS) is 19.7. The molecule has 3 heterocycles. The fourth-order valence-corrected chi connectivity index (χ4v) is 3.15. The third-order valence-corrected chi connectivity index (χ3v) is 4.59. The van der Waals surface area contributed by atoms with Gasteiger partial charge >= 0.3 is 0 Å². The van der Waals surface area contributed by atoms with Crippen molar-refractivity contribution in [1.82, 2.24) is 24.7 Å². The van der Waals surface area contributed by atoms with Crippen molar-refractivity contribution in [3.63, 3.8) is 0 Å². The van der Waals surface area contributed by atoms with Gasteiger partial charge in [-0.1, -0.05) is 6.42 Å². The lowest BCUT2D eigenvalue weighted by molar-refractivity contribution is 0.0940. The van der Waals surface area contributed by atoms with Gasteiger partial charge in [-0.15, -0.1) is 10.2 Å². The average Bonchev–Trinajstić information content (AvgIpc) is 2.99. The highest BCUT2D eigenvalue weighted by Gasteiger charge is 2.21. The van der Waals surface area contributed by atoms with Crippen molar-refractivity contribution >= 4 is 11.3 Å². The van der Waals surface area contributed by atoms with Crippen LogP contribution in [0.3, 0.4) is 0 Å². The van der Waals surface area contributed by atoms with Crippen LogP contribution in [-0.2, 0) is 0 Å². The second kappa shape index (κ2) is 6.58. The van der Waals surface area contributed by atoms with E-state index in [9.17, 15) is 5.11 Å². The van der Waals surface area contributed by atoms with Gasteiger partial charge in [0.25, 0.3) is 0 Å². The Kier molecular flexibility index (Phi) is 4.54. The summed E-state index contributed by atoms with van der Waals surface area (Å²) >= 11 is 0. The maximum absolute atomic E-state index is 9.48. The largest absolute Gasteiger partial charge is 0.395 e. The molecule has 0 bridgehead atoms. The van der Waals surface area contributed by atoms with E-state index in [1.54, 1.807) is 10.8 Å². The molecule has 3 rings (SSSR count). The number of likely N-dealkylation sites (tertiary alicyclic amines) is 1. The van der Waals surface area contributed by atoms with Gasteiger partial charge in [0.05, 0.1) is 18.0 Å². The molecule has 0 saturated carbocycles. The minimum atomic E-state index is 0.252. The van der Waals surface area contributed by atoms with E-state index in [0.717, 1.165) is 48.6 Å². The third kappa shape index (κ3) is 2.91. The first-order valence-electron chi connectivity index (χ1n) is 7.96. The predicted octanol–water partition coefficient (Wildman–Crippen LogP) is 1.000. The number of nitrogens with zero attached hydrogens (tertiary/aromatic N) is 5. The van der Waals surface area contributed by atoms with E-state index in [2.05, 4.69) is 32.4 Å². The van der Waals surface area contributed by atoms with Crippen LogP contribution in [0.4, 0.5) is 5.69 Å². The van der Waals surface area contributed by atoms with Crippen LogP contribution in [0.25, 0.3) is 5.65 Å².